The zero-order chi connectivity index (χ0) is 13.8. The lowest BCUT2D eigenvalue weighted by Gasteiger charge is -2.10. The quantitative estimate of drug-likeness (QED) is 0.897. The highest BCUT2D eigenvalue weighted by Crippen LogP contribution is 2.15. The van der Waals surface area contributed by atoms with Gasteiger partial charge in [0.1, 0.15) is 11.6 Å². The van der Waals surface area contributed by atoms with Crippen LogP contribution in [0.15, 0.2) is 12.1 Å². The Morgan fingerprint density at radius 3 is 2.80 bits per heavy atom. The SMILES string of the molecule is Cc1cc(C(=O)NCCC2CCNC2)c(F)cc1F.Cl. The molecule has 2 N–H and O–H groups in total. The average molecular weight is 305 g/mol. The fourth-order valence-electron chi connectivity index (χ4n) is 2.28. The summed E-state index contributed by atoms with van der Waals surface area (Å²) in [5.41, 5.74) is 0.176. The largest absolute Gasteiger partial charge is 0.352 e. The smallest absolute Gasteiger partial charge is 0.254 e. The van der Waals surface area contributed by atoms with Crippen LogP contribution < -0.4 is 10.6 Å². The Morgan fingerprint density at radius 1 is 1.40 bits per heavy atom. The van der Waals surface area contributed by atoms with Crippen molar-refractivity contribution < 1.29 is 13.6 Å². The van der Waals surface area contributed by atoms with Crippen molar-refractivity contribution in [1.82, 2.24) is 10.6 Å². The van der Waals surface area contributed by atoms with Gasteiger partial charge in [-0.05, 0) is 50.4 Å². The summed E-state index contributed by atoms with van der Waals surface area (Å²) >= 11 is 0. The van der Waals surface area contributed by atoms with E-state index in [4.69, 9.17) is 0 Å². The van der Waals surface area contributed by atoms with Crippen LogP contribution in [0.3, 0.4) is 0 Å². The lowest BCUT2D eigenvalue weighted by atomic mass is 10.0. The molecule has 0 aromatic heterocycles. The minimum Gasteiger partial charge on any atom is -0.352 e. The van der Waals surface area contributed by atoms with Gasteiger partial charge >= 0.3 is 0 Å². The number of nitrogens with one attached hydrogen (secondary N) is 2. The lowest BCUT2D eigenvalue weighted by Crippen LogP contribution is -2.27. The molecule has 2 rings (SSSR count). The molecule has 1 aromatic carbocycles. The van der Waals surface area contributed by atoms with E-state index in [9.17, 15) is 13.6 Å². The zero-order valence-corrected chi connectivity index (χ0v) is 12.2. The summed E-state index contributed by atoms with van der Waals surface area (Å²) in [5, 5.41) is 5.93. The van der Waals surface area contributed by atoms with Gasteiger partial charge in [-0.3, -0.25) is 4.79 Å². The van der Waals surface area contributed by atoms with Crippen molar-refractivity contribution in [2.45, 2.75) is 19.8 Å². The predicted molar refractivity (Wildman–Crippen MR) is 76.3 cm³/mol. The Hall–Kier alpha value is -1.20. The number of benzene rings is 1. The fraction of sp³-hybridized carbons (Fsp3) is 0.500. The first-order valence-electron chi connectivity index (χ1n) is 6.52. The molecular formula is C14H19ClF2N2O. The van der Waals surface area contributed by atoms with E-state index in [1.807, 2.05) is 0 Å². The summed E-state index contributed by atoms with van der Waals surface area (Å²) in [6, 6.07) is 2.00. The van der Waals surface area contributed by atoms with E-state index >= 15 is 0 Å². The second kappa shape index (κ2) is 7.55. The van der Waals surface area contributed by atoms with Gasteiger partial charge in [0, 0.05) is 12.6 Å². The highest BCUT2D eigenvalue weighted by Gasteiger charge is 2.16. The first kappa shape index (κ1) is 16.9. The van der Waals surface area contributed by atoms with Gasteiger partial charge in [0.2, 0.25) is 0 Å². The van der Waals surface area contributed by atoms with Gasteiger partial charge < -0.3 is 10.6 Å². The van der Waals surface area contributed by atoms with E-state index in [1.54, 1.807) is 0 Å². The fourth-order valence-corrected chi connectivity index (χ4v) is 2.28. The van der Waals surface area contributed by atoms with Gasteiger partial charge in [0.05, 0.1) is 5.56 Å². The van der Waals surface area contributed by atoms with Crippen molar-refractivity contribution in [3.05, 3.63) is 34.9 Å². The molecule has 0 saturated carbocycles. The van der Waals surface area contributed by atoms with Crippen molar-refractivity contribution in [1.29, 1.82) is 0 Å². The van der Waals surface area contributed by atoms with E-state index in [2.05, 4.69) is 10.6 Å². The maximum absolute atomic E-state index is 13.5. The normalized spacial score (nSPS) is 17.6. The predicted octanol–water partition coefficient (Wildman–Crippen LogP) is 2.42. The monoisotopic (exact) mass is 304 g/mol. The van der Waals surface area contributed by atoms with Gasteiger partial charge in [0.25, 0.3) is 5.91 Å². The molecule has 0 radical (unpaired) electrons. The summed E-state index contributed by atoms with van der Waals surface area (Å²) in [6.07, 6.45) is 1.99. The second-order valence-corrected chi connectivity index (χ2v) is 4.98. The van der Waals surface area contributed by atoms with E-state index < -0.39 is 17.5 Å². The molecule has 112 valence electrons. The molecule has 0 bridgehead atoms. The molecule has 1 fully saturated rings. The molecule has 0 spiro atoms. The second-order valence-electron chi connectivity index (χ2n) is 4.98. The van der Waals surface area contributed by atoms with Crippen LogP contribution in [0.25, 0.3) is 0 Å². The molecular weight excluding hydrogens is 286 g/mol. The Labute approximate surface area is 123 Å². The molecule has 1 atom stereocenters. The first-order valence-corrected chi connectivity index (χ1v) is 6.52. The van der Waals surface area contributed by atoms with Crippen molar-refractivity contribution in [3.63, 3.8) is 0 Å². The molecule has 20 heavy (non-hydrogen) atoms. The number of amides is 1. The van der Waals surface area contributed by atoms with Gasteiger partial charge in [-0.2, -0.15) is 0 Å². The summed E-state index contributed by atoms with van der Waals surface area (Å²) in [4.78, 5) is 11.8. The zero-order valence-electron chi connectivity index (χ0n) is 11.3. The summed E-state index contributed by atoms with van der Waals surface area (Å²) in [6.45, 7) is 4.01. The van der Waals surface area contributed by atoms with Crippen LogP contribution in [0, 0.1) is 24.5 Å². The Kier molecular flexibility index (Phi) is 6.36. The van der Waals surface area contributed by atoms with Crippen molar-refractivity contribution in [2.75, 3.05) is 19.6 Å². The first-order chi connectivity index (χ1) is 9.08. The third-order valence-electron chi connectivity index (χ3n) is 3.49. The molecule has 1 aliphatic heterocycles. The topological polar surface area (TPSA) is 41.1 Å². The van der Waals surface area contributed by atoms with E-state index in [-0.39, 0.29) is 23.5 Å². The molecule has 6 heteroatoms. The highest BCUT2D eigenvalue weighted by atomic mass is 35.5. The third kappa shape index (κ3) is 4.15. The molecule has 1 heterocycles. The number of rotatable bonds is 4. The molecule has 1 amide bonds. The average Bonchev–Trinajstić information content (AvgIpc) is 2.86. The Bertz CT molecular complexity index is 476. The van der Waals surface area contributed by atoms with E-state index in [0.717, 1.165) is 32.0 Å². The molecule has 3 nitrogen and oxygen atoms in total. The van der Waals surface area contributed by atoms with Crippen LogP contribution in [-0.4, -0.2) is 25.5 Å². The number of hydrogen-bond donors (Lipinski definition) is 2. The van der Waals surface area contributed by atoms with Crippen LogP contribution in [0.1, 0.15) is 28.8 Å². The van der Waals surface area contributed by atoms with Crippen molar-refractivity contribution in [2.24, 2.45) is 5.92 Å². The summed E-state index contributed by atoms with van der Waals surface area (Å²) in [5.74, 6) is -1.36. The third-order valence-corrected chi connectivity index (χ3v) is 3.49. The van der Waals surface area contributed by atoms with Crippen LogP contribution in [0.4, 0.5) is 8.78 Å². The molecule has 0 aliphatic carbocycles. The van der Waals surface area contributed by atoms with Crippen molar-refractivity contribution in [3.8, 4) is 0 Å². The van der Waals surface area contributed by atoms with Crippen LogP contribution in [0.2, 0.25) is 0 Å². The molecule has 1 unspecified atom stereocenters. The molecule has 1 aliphatic rings. The standard InChI is InChI=1S/C14H18F2N2O.ClH/c1-9-6-11(13(16)7-12(9)15)14(19)18-5-3-10-2-4-17-8-10;/h6-7,10,17H,2-5,8H2,1H3,(H,18,19);1H. The van der Waals surface area contributed by atoms with Gasteiger partial charge in [-0.1, -0.05) is 0 Å². The number of carbonyl (C=O) groups is 1. The lowest BCUT2D eigenvalue weighted by molar-refractivity contribution is 0.0947. The molecule has 1 saturated heterocycles. The number of halogens is 3. The van der Waals surface area contributed by atoms with Gasteiger partial charge in [-0.15, -0.1) is 12.4 Å². The number of aryl methyl sites for hydroxylation is 1. The van der Waals surface area contributed by atoms with Crippen LogP contribution in [-0.2, 0) is 0 Å². The Morgan fingerprint density at radius 2 is 2.15 bits per heavy atom. The summed E-state index contributed by atoms with van der Waals surface area (Å²) < 4.78 is 26.6. The number of carbonyl (C=O) groups excluding carboxylic acids is 1. The number of hydrogen-bond acceptors (Lipinski definition) is 2. The Balaban J connectivity index is 0.00000200. The van der Waals surface area contributed by atoms with Gasteiger partial charge in [-0.25, -0.2) is 8.78 Å². The maximum Gasteiger partial charge on any atom is 0.254 e. The highest BCUT2D eigenvalue weighted by molar-refractivity contribution is 5.94. The van der Waals surface area contributed by atoms with Crippen LogP contribution >= 0.6 is 12.4 Å². The molecule has 1 aromatic rings. The minimum atomic E-state index is -0.817. The van der Waals surface area contributed by atoms with Crippen molar-refractivity contribution >= 4 is 18.3 Å². The van der Waals surface area contributed by atoms with E-state index in [1.165, 1.54) is 13.0 Å². The minimum absolute atomic E-state index is 0. The maximum atomic E-state index is 13.5. The van der Waals surface area contributed by atoms with Gasteiger partial charge in [0.15, 0.2) is 0 Å². The summed E-state index contributed by atoms with van der Waals surface area (Å²) in [7, 11) is 0. The van der Waals surface area contributed by atoms with Crippen LogP contribution in [0.5, 0.6) is 0 Å². The van der Waals surface area contributed by atoms with E-state index in [0.29, 0.717) is 12.5 Å².